The van der Waals surface area contributed by atoms with Gasteiger partial charge in [0.25, 0.3) is 0 Å². The lowest BCUT2D eigenvalue weighted by Gasteiger charge is -2.11. The summed E-state index contributed by atoms with van der Waals surface area (Å²) < 4.78 is 0. The average molecular weight is 142 g/mol. The molecule has 0 aromatic rings. The standard InChI is InChI=1S/C7H14N2O/c1-4-8-7(10)6-9(3)5-2/h5H,2,4,6H2,1,3H3,(H,8,10). The number of carbonyl (C=O) groups excluding carboxylic acids is 1. The Morgan fingerprint density at radius 1 is 1.80 bits per heavy atom. The summed E-state index contributed by atoms with van der Waals surface area (Å²) in [6.07, 6.45) is 1.62. The minimum absolute atomic E-state index is 0.0323. The minimum Gasteiger partial charge on any atom is -0.372 e. The van der Waals surface area contributed by atoms with Crippen LogP contribution >= 0.6 is 0 Å². The number of amides is 1. The molecule has 0 aliphatic heterocycles. The van der Waals surface area contributed by atoms with Gasteiger partial charge in [-0.15, -0.1) is 0 Å². The van der Waals surface area contributed by atoms with E-state index < -0.39 is 0 Å². The summed E-state index contributed by atoms with van der Waals surface area (Å²) in [5, 5.41) is 2.68. The summed E-state index contributed by atoms with van der Waals surface area (Å²) in [4.78, 5) is 12.5. The molecule has 0 fully saturated rings. The third-order valence-electron chi connectivity index (χ3n) is 1.08. The predicted molar refractivity (Wildman–Crippen MR) is 41.5 cm³/mol. The quantitative estimate of drug-likeness (QED) is 0.608. The van der Waals surface area contributed by atoms with Crippen LogP contribution in [0.4, 0.5) is 0 Å². The maximum atomic E-state index is 10.8. The zero-order valence-electron chi connectivity index (χ0n) is 6.55. The molecule has 0 saturated carbocycles. The molecule has 1 amide bonds. The van der Waals surface area contributed by atoms with Crippen LogP contribution in [0.1, 0.15) is 6.92 Å². The first-order valence-corrected chi connectivity index (χ1v) is 3.30. The first-order chi connectivity index (χ1) is 4.70. The zero-order chi connectivity index (χ0) is 7.98. The summed E-state index contributed by atoms with van der Waals surface area (Å²) in [7, 11) is 1.81. The number of carbonyl (C=O) groups is 1. The Bertz CT molecular complexity index is 123. The fourth-order valence-electron chi connectivity index (χ4n) is 0.544. The van der Waals surface area contributed by atoms with Gasteiger partial charge in [-0.25, -0.2) is 0 Å². The van der Waals surface area contributed by atoms with E-state index in [9.17, 15) is 4.79 Å². The summed E-state index contributed by atoms with van der Waals surface area (Å²) in [6.45, 7) is 6.48. The molecule has 0 bridgehead atoms. The van der Waals surface area contributed by atoms with Crippen LogP contribution < -0.4 is 5.32 Å². The lowest BCUT2D eigenvalue weighted by Crippen LogP contribution is -2.32. The topological polar surface area (TPSA) is 32.3 Å². The van der Waals surface area contributed by atoms with Crippen molar-refractivity contribution in [2.24, 2.45) is 0 Å². The molecule has 3 nitrogen and oxygen atoms in total. The molecule has 0 aromatic heterocycles. The molecule has 0 aromatic carbocycles. The molecule has 1 N–H and O–H groups in total. The highest BCUT2D eigenvalue weighted by Gasteiger charge is 1.98. The van der Waals surface area contributed by atoms with E-state index >= 15 is 0 Å². The van der Waals surface area contributed by atoms with Crippen LogP contribution in [-0.4, -0.2) is 30.9 Å². The largest absolute Gasteiger partial charge is 0.372 e. The molecular weight excluding hydrogens is 128 g/mol. The van der Waals surface area contributed by atoms with E-state index in [1.54, 1.807) is 11.1 Å². The second-order valence-electron chi connectivity index (χ2n) is 2.05. The first-order valence-electron chi connectivity index (χ1n) is 3.30. The van der Waals surface area contributed by atoms with Crippen LogP contribution in [0, 0.1) is 0 Å². The van der Waals surface area contributed by atoms with Crippen LogP contribution in [-0.2, 0) is 4.79 Å². The van der Waals surface area contributed by atoms with Crippen molar-refractivity contribution in [2.75, 3.05) is 20.1 Å². The predicted octanol–water partition coefficient (Wildman–Crippen LogP) is 0.198. The highest BCUT2D eigenvalue weighted by atomic mass is 16.1. The normalized spacial score (nSPS) is 8.60. The van der Waals surface area contributed by atoms with Gasteiger partial charge >= 0.3 is 0 Å². The molecule has 0 spiro atoms. The molecule has 0 saturated heterocycles. The molecule has 58 valence electrons. The molecule has 0 rings (SSSR count). The van der Waals surface area contributed by atoms with Crippen molar-refractivity contribution in [2.45, 2.75) is 6.92 Å². The van der Waals surface area contributed by atoms with E-state index in [-0.39, 0.29) is 5.91 Å². The van der Waals surface area contributed by atoms with Crippen molar-refractivity contribution < 1.29 is 4.79 Å². The molecule has 0 heterocycles. The Labute approximate surface area is 61.7 Å². The van der Waals surface area contributed by atoms with Crippen molar-refractivity contribution in [3.05, 3.63) is 12.8 Å². The van der Waals surface area contributed by atoms with Gasteiger partial charge in [0.1, 0.15) is 0 Å². The van der Waals surface area contributed by atoms with Gasteiger partial charge < -0.3 is 10.2 Å². The summed E-state index contributed by atoms with van der Waals surface area (Å²) in [5.74, 6) is 0.0323. The summed E-state index contributed by atoms with van der Waals surface area (Å²) in [6, 6.07) is 0. The van der Waals surface area contributed by atoms with E-state index in [2.05, 4.69) is 11.9 Å². The van der Waals surface area contributed by atoms with Crippen LogP contribution in [0.15, 0.2) is 12.8 Å². The van der Waals surface area contributed by atoms with Crippen molar-refractivity contribution in [1.82, 2.24) is 10.2 Å². The Hall–Kier alpha value is -0.990. The lowest BCUT2D eigenvalue weighted by molar-refractivity contribution is -0.121. The van der Waals surface area contributed by atoms with E-state index in [1.807, 2.05) is 14.0 Å². The number of nitrogens with one attached hydrogen (secondary N) is 1. The Balaban J connectivity index is 3.46. The van der Waals surface area contributed by atoms with Crippen molar-refractivity contribution >= 4 is 5.91 Å². The van der Waals surface area contributed by atoms with Crippen LogP contribution in [0.5, 0.6) is 0 Å². The van der Waals surface area contributed by atoms with Gasteiger partial charge in [-0.1, -0.05) is 6.58 Å². The van der Waals surface area contributed by atoms with E-state index in [0.29, 0.717) is 13.1 Å². The number of nitrogens with zero attached hydrogens (tertiary/aromatic N) is 1. The minimum atomic E-state index is 0.0323. The summed E-state index contributed by atoms with van der Waals surface area (Å²) >= 11 is 0. The fourth-order valence-corrected chi connectivity index (χ4v) is 0.544. The van der Waals surface area contributed by atoms with E-state index in [1.165, 1.54) is 0 Å². The van der Waals surface area contributed by atoms with Crippen LogP contribution in [0.3, 0.4) is 0 Å². The Morgan fingerprint density at radius 3 is 2.80 bits per heavy atom. The molecule has 0 unspecified atom stereocenters. The number of hydrogen-bond acceptors (Lipinski definition) is 2. The monoisotopic (exact) mass is 142 g/mol. The molecule has 0 aliphatic rings. The van der Waals surface area contributed by atoms with Crippen molar-refractivity contribution in [3.8, 4) is 0 Å². The first kappa shape index (κ1) is 9.01. The van der Waals surface area contributed by atoms with Gasteiger partial charge in [0.2, 0.25) is 5.91 Å². The third kappa shape index (κ3) is 3.95. The van der Waals surface area contributed by atoms with E-state index in [0.717, 1.165) is 0 Å². The van der Waals surface area contributed by atoms with Gasteiger partial charge in [-0.05, 0) is 13.1 Å². The molecule has 3 heteroatoms. The zero-order valence-corrected chi connectivity index (χ0v) is 6.55. The fraction of sp³-hybridized carbons (Fsp3) is 0.571. The Kier molecular flexibility index (Phi) is 4.37. The highest BCUT2D eigenvalue weighted by molar-refractivity contribution is 5.77. The number of rotatable bonds is 4. The molecule has 0 radical (unpaired) electrons. The molecule has 10 heavy (non-hydrogen) atoms. The SMILES string of the molecule is C=CN(C)CC(=O)NCC. The number of hydrogen-bond donors (Lipinski definition) is 1. The summed E-state index contributed by atoms with van der Waals surface area (Å²) in [5.41, 5.74) is 0. The van der Waals surface area contributed by atoms with Crippen LogP contribution in [0.2, 0.25) is 0 Å². The third-order valence-corrected chi connectivity index (χ3v) is 1.08. The van der Waals surface area contributed by atoms with Crippen LogP contribution in [0.25, 0.3) is 0 Å². The molecule has 0 atom stereocenters. The van der Waals surface area contributed by atoms with Gasteiger partial charge in [0.15, 0.2) is 0 Å². The smallest absolute Gasteiger partial charge is 0.239 e. The number of likely N-dealkylation sites (N-methyl/N-ethyl adjacent to an activating group) is 2. The lowest BCUT2D eigenvalue weighted by atomic mass is 10.5. The van der Waals surface area contributed by atoms with Gasteiger partial charge in [0.05, 0.1) is 6.54 Å². The van der Waals surface area contributed by atoms with Gasteiger partial charge in [-0.2, -0.15) is 0 Å². The average Bonchev–Trinajstić information content (AvgIpc) is 1.88. The molecular formula is C7H14N2O. The van der Waals surface area contributed by atoms with Gasteiger partial charge in [0, 0.05) is 13.6 Å². The second-order valence-corrected chi connectivity index (χ2v) is 2.05. The second kappa shape index (κ2) is 4.85. The highest BCUT2D eigenvalue weighted by Crippen LogP contribution is 1.79. The maximum absolute atomic E-state index is 10.8. The maximum Gasteiger partial charge on any atom is 0.239 e. The molecule has 0 aliphatic carbocycles. The van der Waals surface area contributed by atoms with E-state index in [4.69, 9.17) is 0 Å². The Morgan fingerprint density at radius 2 is 2.40 bits per heavy atom. The van der Waals surface area contributed by atoms with Gasteiger partial charge in [-0.3, -0.25) is 4.79 Å². The van der Waals surface area contributed by atoms with Crippen molar-refractivity contribution in [3.63, 3.8) is 0 Å². The van der Waals surface area contributed by atoms with Crippen molar-refractivity contribution in [1.29, 1.82) is 0 Å².